The molecule has 0 radical (unpaired) electrons. The van der Waals surface area contributed by atoms with Crippen LogP contribution in [0.25, 0.3) is 11.4 Å². The summed E-state index contributed by atoms with van der Waals surface area (Å²) in [5.41, 5.74) is 5.47. The number of ether oxygens (including phenoxy) is 1. The number of sulfone groups is 1. The number of nitrogens with two attached hydrogens (primary N) is 1. The summed E-state index contributed by atoms with van der Waals surface area (Å²) >= 11 is 0. The molecular weight excluding hydrogens is 434 g/mol. The van der Waals surface area contributed by atoms with Gasteiger partial charge in [-0.15, -0.1) is 0 Å². The third-order valence-electron chi connectivity index (χ3n) is 5.10. The standard InChI is InChI=1S/C21H27N5O5S/c1-21(2,19(22)27)20(28)24-15-6-4-14(5-7-15)18-23-16(13-32(3,29)30)12-17(25-18)26-8-10-31-11-9-26/h4-7,12H,8-11,13H2,1-3H3,(H2,22,27)(H,24,28). The molecular formula is C21H27N5O5S. The molecule has 1 fully saturated rings. The Bertz CT molecular complexity index is 1110. The lowest BCUT2D eigenvalue weighted by Crippen LogP contribution is -2.42. The number of nitrogens with one attached hydrogen (secondary N) is 1. The number of benzene rings is 1. The Morgan fingerprint density at radius 3 is 2.34 bits per heavy atom. The Morgan fingerprint density at radius 2 is 1.78 bits per heavy atom. The molecule has 0 spiro atoms. The molecule has 0 bridgehead atoms. The van der Waals surface area contributed by atoms with Crippen molar-refractivity contribution in [3.8, 4) is 11.4 Å². The highest BCUT2D eigenvalue weighted by molar-refractivity contribution is 7.89. The summed E-state index contributed by atoms with van der Waals surface area (Å²) in [6.07, 6.45) is 1.16. The number of rotatable bonds is 7. The van der Waals surface area contributed by atoms with Crippen molar-refractivity contribution in [2.75, 3.05) is 42.8 Å². The van der Waals surface area contributed by atoms with Gasteiger partial charge in [-0.25, -0.2) is 18.4 Å². The van der Waals surface area contributed by atoms with Crippen molar-refractivity contribution in [2.45, 2.75) is 19.6 Å². The van der Waals surface area contributed by atoms with Crippen LogP contribution in [-0.2, 0) is 29.9 Å². The van der Waals surface area contributed by atoms with E-state index in [1.807, 2.05) is 4.90 Å². The maximum absolute atomic E-state index is 12.3. The van der Waals surface area contributed by atoms with Crippen LogP contribution in [0.1, 0.15) is 19.5 Å². The number of nitrogens with zero attached hydrogens (tertiary/aromatic N) is 3. The predicted octanol–water partition coefficient (Wildman–Crippen LogP) is 0.975. The van der Waals surface area contributed by atoms with E-state index in [9.17, 15) is 18.0 Å². The number of anilines is 2. The summed E-state index contributed by atoms with van der Waals surface area (Å²) in [5.74, 6) is -0.423. The molecule has 1 aliphatic heterocycles. The van der Waals surface area contributed by atoms with Crippen LogP contribution in [0, 0.1) is 5.41 Å². The average Bonchev–Trinajstić information content (AvgIpc) is 2.73. The molecule has 0 aliphatic carbocycles. The van der Waals surface area contributed by atoms with E-state index < -0.39 is 27.1 Å². The average molecular weight is 462 g/mol. The van der Waals surface area contributed by atoms with E-state index >= 15 is 0 Å². The number of aromatic nitrogens is 2. The number of hydrogen-bond donors (Lipinski definition) is 2. The summed E-state index contributed by atoms with van der Waals surface area (Å²) in [6.45, 7) is 5.33. The maximum atomic E-state index is 12.3. The number of primary amides is 1. The Hall–Kier alpha value is -3.05. The molecule has 3 N–H and O–H groups in total. The minimum absolute atomic E-state index is 0.198. The van der Waals surface area contributed by atoms with Gasteiger partial charge in [-0.3, -0.25) is 9.59 Å². The first-order valence-electron chi connectivity index (χ1n) is 10.1. The van der Waals surface area contributed by atoms with Crippen molar-refractivity contribution in [1.29, 1.82) is 0 Å². The van der Waals surface area contributed by atoms with Crippen LogP contribution in [0.4, 0.5) is 11.5 Å². The van der Waals surface area contributed by atoms with E-state index in [1.165, 1.54) is 13.8 Å². The number of carbonyl (C=O) groups is 2. The summed E-state index contributed by atoms with van der Waals surface area (Å²) in [6, 6.07) is 8.44. The van der Waals surface area contributed by atoms with Crippen molar-refractivity contribution in [3.05, 3.63) is 36.0 Å². The van der Waals surface area contributed by atoms with Crippen LogP contribution in [-0.4, -0.2) is 62.8 Å². The molecule has 172 valence electrons. The Labute approximate surface area is 187 Å². The van der Waals surface area contributed by atoms with E-state index in [4.69, 9.17) is 10.5 Å². The Morgan fingerprint density at radius 1 is 1.16 bits per heavy atom. The van der Waals surface area contributed by atoms with E-state index in [2.05, 4.69) is 15.3 Å². The Balaban J connectivity index is 1.89. The minimum Gasteiger partial charge on any atom is -0.378 e. The lowest BCUT2D eigenvalue weighted by atomic mass is 9.91. The second kappa shape index (κ2) is 9.21. The van der Waals surface area contributed by atoms with Gasteiger partial charge < -0.3 is 20.7 Å². The van der Waals surface area contributed by atoms with E-state index in [0.29, 0.717) is 54.9 Å². The maximum Gasteiger partial charge on any atom is 0.239 e. The molecule has 1 aromatic heterocycles. The lowest BCUT2D eigenvalue weighted by Gasteiger charge is -2.28. The Kier molecular flexibility index (Phi) is 6.79. The van der Waals surface area contributed by atoms with Gasteiger partial charge in [-0.2, -0.15) is 0 Å². The number of morpholine rings is 1. The first-order chi connectivity index (χ1) is 15.0. The summed E-state index contributed by atoms with van der Waals surface area (Å²) in [5, 5.41) is 2.67. The topological polar surface area (TPSA) is 145 Å². The monoisotopic (exact) mass is 461 g/mol. The van der Waals surface area contributed by atoms with Gasteiger partial charge in [0.1, 0.15) is 11.2 Å². The zero-order valence-electron chi connectivity index (χ0n) is 18.3. The van der Waals surface area contributed by atoms with Gasteiger partial charge in [0.25, 0.3) is 0 Å². The second-order valence-electron chi connectivity index (χ2n) is 8.23. The largest absolute Gasteiger partial charge is 0.378 e. The van der Waals surface area contributed by atoms with Crippen molar-refractivity contribution < 1.29 is 22.7 Å². The molecule has 0 saturated carbocycles. The van der Waals surface area contributed by atoms with Gasteiger partial charge in [0.05, 0.1) is 24.7 Å². The molecule has 2 heterocycles. The fourth-order valence-electron chi connectivity index (χ4n) is 3.01. The number of hydrogen-bond acceptors (Lipinski definition) is 8. The van der Waals surface area contributed by atoms with Crippen LogP contribution in [0.3, 0.4) is 0 Å². The van der Waals surface area contributed by atoms with Crippen LogP contribution in [0.2, 0.25) is 0 Å². The van der Waals surface area contributed by atoms with Crippen LogP contribution in [0.15, 0.2) is 30.3 Å². The van der Waals surface area contributed by atoms with Crippen molar-refractivity contribution >= 4 is 33.2 Å². The number of amides is 2. The molecule has 1 aliphatic rings. The highest BCUT2D eigenvalue weighted by Gasteiger charge is 2.34. The van der Waals surface area contributed by atoms with Crippen molar-refractivity contribution in [2.24, 2.45) is 11.1 Å². The van der Waals surface area contributed by atoms with E-state index in [-0.39, 0.29) is 5.75 Å². The quantitative estimate of drug-likeness (QED) is 0.581. The minimum atomic E-state index is -3.28. The zero-order chi connectivity index (χ0) is 23.5. The lowest BCUT2D eigenvalue weighted by molar-refractivity contribution is -0.136. The molecule has 1 aromatic carbocycles. The van der Waals surface area contributed by atoms with Gasteiger partial charge in [-0.1, -0.05) is 0 Å². The highest BCUT2D eigenvalue weighted by Crippen LogP contribution is 2.24. The van der Waals surface area contributed by atoms with Crippen molar-refractivity contribution in [3.63, 3.8) is 0 Å². The first-order valence-corrected chi connectivity index (χ1v) is 12.1. The molecule has 0 unspecified atom stereocenters. The van der Waals surface area contributed by atoms with Gasteiger partial charge in [-0.05, 0) is 38.1 Å². The van der Waals surface area contributed by atoms with E-state index in [0.717, 1.165) is 6.26 Å². The predicted molar refractivity (Wildman–Crippen MR) is 121 cm³/mol. The molecule has 2 amide bonds. The SMILES string of the molecule is CC(C)(C(N)=O)C(=O)Nc1ccc(-c2nc(CS(C)(=O)=O)cc(N3CCOCC3)n2)cc1. The number of carbonyl (C=O) groups excluding carboxylic acids is 2. The summed E-state index contributed by atoms with van der Waals surface area (Å²) in [4.78, 5) is 34.9. The van der Waals surface area contributed by atoms with Gasteiger partial charge in [0, 0.05) is 36.7 Å². The van der Waals surface area contributed by atoms with Crippen LogP contribution >= 0.6 is 0 Å². The van der Waals surface area contributed by atoms with Gasteiger partial charge >= 0.3 is 0 Å². The van der Waals surface area contributed by atoms with Crippen molar-refractivity contribution in [1.82, 2.24) is 9.97 Å². The fraction of sp³-hybridized carbons (Fsp3) is 0.429. The molecule has 32 heavy (non-hydrogen) atoms. The first kappa shape index (κ1) is 23.6. The smallest absolute Gasteiger partial charge is 0.239 e. The molecule has 11 heteroatoms. The molecule has 2 aromatic rings. The van der Waals surface area contributed by atoms with E-state index in [1.54, 1.807) is 30.3 Å². The van der Waals surface area contributed by atoms with Gasteiger partial charge in [0.15, 0.2) is 15.7 Å². The normalized spacial score (nSPS) is 14.8. The molecule has 1 saturated heterocycles. The third-order valence-corrected chi connectivity index (χ3v) is 5.92. The van der Waals surface area contributed by atoms with Crippen LogP contribution < -0.4 is 16.0 Å². The second-order valence-corrected chi connectivity index (χ2v) is 10.4. The zero-order valence-corrected chi connectivity index (χ0v) is 19.1. The van der Waals surface area contributed by atoms with Gasteiger partial charge in [0.2, 0.25) is 11.8 Å². The third kappa shape index (κ3) is 5.80. The summed E-state index contributed by atoms with van der Waals surface area (Å²) in [7, 11) is -3.28. The highest BCUT2D eigenvalue weighted by atomic mass is 32.2. The molecule has 0 atom stereocenters. The fourth-order valence-corrected chi connectivity index (χ4v) is 3.70. The summed E-state index contributed by atoms with van der Waals surface area (Å²) < 4.78 is 29.1. The molecule has 10 nitrogen and oxygen atoms in total. The molecule has 3 rings (SSSR count). The van der Waals surface area contributed by atoms with Crippen LogP contribution in [0.5, 0.6) is 0 Å².